The predicted octanol–water partition coefficient (Wildman–Crippen LogP) is 2.07. The van der Waals surface area contributed by atoms with E-state index in [0.717, 1.165) is 0 Å². The van der Waals surface area contributed by atoms with E-state index in [1.165, 1.54) is 6.92 Å². The molecule has 1 rings (SSSR count). The van der Waals surface area contributed by atoms with Crippen LogP contribution in [0.15, 0.2) is 24.3 Å². The van der Waals surface area contributed by atoms with Gasteiger partial charge in [0.05, 0.1) is 6.67 Å². The molecule has 4 heteroatoms. The first kappa shape index (κ1) is 17.7. The van der Waals surface area contributed by atoms with Crippen molar-refractivity contribution < 1.29 is 9.59 Å². The molecule has 0 spiro atoms. The largest absolute Gasteiger partial charge is 0.339 e. The molecule has 0 unspecified atom stereocenters. The zero-order valence-corrected chi connectivity index (χ0v) is 8.83. The molecule has 0 saturated heterocycles. The molecule has 2 N–H and O–H groups in total. The highest BCUT2D eigenvalue weighted by molar-refractivity contribution is 5.97. The number of Topliss-reactive ketones (excluding diaryl/α,β-unsaturated/α-hetero) is 1. The van der Waals surface area contributed by atoms with Gasteiger partial charge in [0.25, 0.3) is 5.91 Å². The Morgan fingerprint density at radius 2 is 1.53 bits per heavy atom. The standard InChI is InChI=1S/C11H14N2O2.2CH4/c1-8(14)9-3-5-10(6-4-9)11(15)13-7-12-2;;/h3-6,12H,7H2,1-2H3,(H,13,15);2*1H4. The number of ketones is 1. The van der Waals surface area contributed by atoms with Crippen LogP contribution >= 0.6 is 0 Å². The molecule has 0 saturated carbocycles. The van der Waals surface area contributed by atoms with Crippen LogP contribution in [0.2, 0.25) is 0 Å². The van der Waals surface area contributed by atoms with Crippen LogP contribution in [-0.2, 0) is 0 Å². The fourth-order valence-corrected chi connectivity index (χ4v) is 1.13. The topological polar surface area (TPSA) is 58.2 Å². The molecule has 1 aromatic carbocycles. The molecular formula is C13H22N2O2. The summed E-state index contributed by atoms with van der Waals surface area (Å²) in [7, 11) is 1.75. The Kier molecular flexibility index (Phi) is 8.82. The van der Waals surface area contributed by atoms with Gasteiger partial charge in [-0.2, -0.15) is 0 Å². The lowest BCUT2D eigenvalue weighted by Gasteiger charge is -2.04. The maximum atomic E-state index is 11.4. The summed E-state index contributed by atoms with van der Waals surface area (Å²) < 4.78 is 0. The van der Waals surface area contributed by atoms with E-state index in [0.29, 0.717) is 17.8 Å². The van der Waals surface area contributed by atoms with Crippen molar-refractivity contribution >= 4 is 11.7 Å². The van der Waals surface area contributed by atoms with E-state index < -0.39 is 0 Å². The lowest BCUT2D eigenvalue weighted by molar-refractivity contribution is 0.0949. The van der Waals surface area contributed by atoms with Gasteiger partial charge in [-0.15, -0.1) is 0 Å². The van der Waals surface area contributed by atoms with E-state index in [2.05, 4.69) is 10.6 Å². The molecule has 0 atom stereocenters. The second-order valence-electron chi connectivity index (χ2n) is 3.17. The number of hydrogen-bond donors (Lipinski definition) is 2. The zero-order valence-electron chi connectivity index (χ0n) is 8.83. The van der Waals surface area contributed by atoms with Crippen molar-refractivity contribution in [1.82, 2.24) is 10.6 Å². The Labute approximate surface area is 103 Å². The summed E-state index contributed by atoms with van der Waals surface area (Å²) in [5.74, 6) is -0.156. The van der Waals surface area contributed by atoms with E-state index in [1.807, 2.05) is 0 Å². The van der Waals surface area contributed by atoms with Gasteiger partial charge in [-0.1, -0.05) is 27.0 Å². The van der Waals surface area contributed by atoms with Crippen molar-refractivity contribution in [3.63, 3.8) is 0 Å². The number of amides is 1. The molecule has 0 aliphatic carbocycles. The van der Waals surface area contributed by atoms with Gasteiger partial charge in [-0.05, 0) is 26.1 Å². The molecule has 0 aliphatic rings. The molecule has 0 aliphatic heterocycles. The van der Waals surface area contributed by atoms with E-state index in [1.54, 1.807) is 31.3 Å². The maximum Gasteiger partial charge on any atom is 0.252 e. The van der Waals surface area contributed by atoms with Crippen LogP contribution in [0.25, 0.3) is 0 Å². The second-order valence-corrected chi connectivity index (χ2v) is 3.17. The van der Waals surface area contributed by atoms with Crippen molar-refractivity contribution in [2.75, 3.05) is 13.7 Å². The Hall–Kier alpha value is -1.68. The van der Waals surface area contributed by atoms with Crippen molar-refractivity contribution in [2.24, 2.45) is 0 Å². The number of carbonyl (C=O) groups is 2. The molecule has 0 fully saturated rings. The highest BCUT2D eigenvalue weighted by Gasteiger charge is 2.05. The van der Waals surface area contributed by atoms with Crippen LogP contribution in [-0.4, -0.2) is 25.4 Å². The van der Waals surface area contributed by atoms with Gasteiger partial charge in [0, 0.05) is 11.1 Å². The molecule has 4 nitrogen and oxygen atoms in total. The number of benzene rings is 1. The van der Waals surface area contributed by atoms with Gasteiger partial charge in [0.1, 0.15) is 0 Å². The first-order valence-electron chi connectivity index (χ1n) is 4.69. The van der Waals surface area contributed by atoms with Crippen LogP contribution in [0.5, 0.6) is 0 Å². The summed E-state index contributed by atoms with van der Waals surface area (Å²) in [6, 6.07) is 6.58. The zero-order chi connectivity index (χ0) is 11.3. The van der Waals surface area contributed by atoms with Gasteiger partial charge in [-0.25, -0.2) is 0 Å². The smallest absolute Gasteiger partial charge is 0.252 e. The minimum Gasteiger partial charge on any atom is -0.339 e. The summed E-state index contributed by atoms with van der Waals surface area (Å²) in [6.45, 7) is 1.92. The van der Waals surface area contributed by atoms with Crippen LogP contribution in [0.3, 0.4) is 0 Å². The number of carbonyl (C=O) groups excluding carboxylic acids is 2. The van der Waals surface area contributed by atoms with Crippen molar-refractivity contribution in [2.45, 2.75) is 21.8 Å². The predicted molar refractivity (Wildman–Crippen MR) is 71.3 cm³/mol. The van der Waals surface area contributed by atoms with Crippen molar-refractivity contribution in [3.05, 3.63) is 35.4 Å². The fraction of sp³-hybridized carbons (Fsp3) is 0.385. The van der Waals surface area contributed by atoms with E-state index in [4.69, 9.17) is 0 Å². The lowest BCUT2D eigenvalue weighted by atomic mass is 10.1. The third-order valence-corrected chi connectivity index (χ3v) is 1.98. The minimum absolute atomic E-state index is 0. The van der Waals surface area contributed by atoms with Gasteiger partial charge in [0.15, 0.2) is 5.78 Å². The van der Waals surface area contributed by atoms with Gasteiger partial charge >= 0.3 is 0 Å². The fourth-order valence-electron chi connectivity index (χ4n) is 1.13. The third kappa shape index (κ3) is 5.26. The maximum absolute atomic E-state index is 11.4. The lowest BCUT2D eigenvalue weighted by Crippen LogP contribution is -2.31. The van der Waals surface area contributed by atoms with Gasteiger partial charge in [0.2, 0.25) is 0 Å². The molecular weight excluding hydrogens is 216 g/mol. The van der Waals surface area contributed by atoms with Crippen LogP contribution in [0, 0.1) is 0 Å². The van der Waals surface area contributed by atoms with Crippen LogP contribution in [0.1, 0.15) is 42.5 Å². The first-order chi connectivity index (χ1) is 7.15. The summed E-state index contributed by atoms with van der Waals surface area (Å²) in [5, 5.41) is 5.47. The molecule has 17 heavy (non-hydrogen) atoms. The summed E-state index contributed by atoms with van der Waals surface area (Å²) in [5.41, 5.74) is 1.16. The highest BCUT2D eigenvalue weighted by Crippen LogP contribution is 2.04. The van der Waals surface area contributed by atoms with Gasteiger partial charge < -0.3 is 10.6 Å². The summed E-state index contributed by atoms with van der Waals surface area (Å²) in [4.78, 5) is 22.4. The molecule has 1 aromatic rings. The van der Waals surface area contributed by atoms with Crippen molar-refractivity contribution in [1.29, 1.82) is 0 Å². The number of rotatable bonds is 4. The monoisotopic (exact) mass is 238 g/mol. The third-order valence-electron chi connectivity index (χ3n) is 1.98. The Morgan fingerprint density at radius 1 is 1.06 bits per heavy atom. The average Bonchev–Trinajstić information content (AvgIpc) is 2.26. The SMILES string of the molecule is C.C.CNCNC(=O)c1ccc(C(C)=O)cc1. The molecule has 0 heterocycles. The molecule has 1 amide bonds. The quantitative estimate of drug-likeness (QED) is 0.623. The Balaban J connectivity index is 0. The molecule has 0 aromatic heterocycles. The molecule has 0 bridgehead atoms. The van der Waals surface area contributed by atoms with E-state index in [9.17, 15) is 9.59 Å². The van der Waals surface area contributed by atoms with Gasteiger partial charge in [-0.3, -0.25) is 9.59 Å². The molecule has 96 valence electrons. The average molecular weight is 238 g/mol. The van der Waals surface area contributed by atoms with E-state index >= 15 is 0 Å². The van der Waals surface area contributed by atoms with Crippen LogP contribution in [0.4, 0.5) is 0 Å². The highest BCUT2D eigenvalue weighted by atomic mass is 16.1. The van der Waals surface area contributed by atoms with E-state index in [-0.39, 0.29) is 26.5 Å². The Morgan fingerprint density at radius 3 is 1.94 bits per heavy atom. The summed E-state index contributed by atoms with van der Waals surface area (Å²) in [6.07, 6.45) is 0. The Bertz CT molecular complexity index is 358. The number of nitrogens with one attached hydrogen (secondary N) is 2. The minimum atomic E-state index is -0.153. The summed E-state index contributed by atoms with van der Waals surface area (Å²) >= 11 is 0. The van der Waals surface area contributed by atoms with Crippen molar-refractivity contribution in [3.8, 4) is 0 Å². The first-order valence-corrected chi connectivity index (χ1v) is 4.69. The molecule has 0 radical (unpaired) electrons. The second kappa shape index (κ2) is 8.47. The number of hydrogen-bond acceptors (Lipinski definition) is 3. The van der Waals surface area contributed by atoms with Crippen LogP contribution < -0.4 is 10.6 Å². The normalized spacial score (nSPS) is 8.59.